The molecule has 0 saturated carbocycles. The predicted molar refractivity (Wildman–Crippen MR) is 41.3 cm³/mol. The third-order valence-corrected chi connectivity index (χ3v) is 1.44. The fourth-order valence-corrected chi connectivity index (χ4v) is 0.949. The summed E-state index contributed by atoms with van der Waals surface area (Å²) in [4.78, 5) is 10.7. The van der Waals surface area contributed by atoms with Gasteiger partial charge in [0.1, 0.15) is 5.58 Å². The molecule has 0 amide bonds. The lowest BCUT2D eigenvalue weighted by Gasteiger charge is -1.90. The van der Waals surface area contributed by atoms with E-state index < -0.39 is 0 Å². The fourth-order valence-electron chi connectivity index (χ4n) is 0.949. The van der Waals surface area contributed by atoms with E-state index in [1.807, 2.05) is 18.2 Å². The summed E-state index contributed by atoms with van der Waals surface area (Å²) in [6.07, 6.45) is 0. The molecule has 11 heavy (non-hydrogen) atoms. The predicted octanol–water partition coefficient (Wildman–Crippen LogP) is 1.59. The smallest absolute Gasteiger partial charge is 0.336 e. The van der Waals surface area contributed by atoms with Gasteiger partial charge in [-0.1, -0.05) is 18.2 Å². The van der Waals surface area contributed by atoms with E-state index in [0.717, 1.165) is 5.39 Å². The Balaban J connectivity index is 2.94. The van der Waals surface area contributed by atoms with Crippen LogP contribution in [0.5, 0.6) is 0 Å². The van der Waals surface area contributed by atoms with Crippen molar-refractivity contribution in [2.24, 2.45) is 0 Å². The standard InChI is InChI=1S/C9H5O2/c10-9-6-5-7-3-1-2-4-8(7)11-9/h1-4,6H. The third kappa shape index (κ3) is 1.03. The maximum atomic E-state index is 10.7. The van der Waals surface area contributed by atoms with Crippen LogP contribution in [0, 0.1) is 6.07 Å². The van der Waals surface area contributed by atoms with Crippen molar-refractivity contribution in [3.05, 3.63) is 46.8 Å². The Labute approximate surface area is 63.1 Å². The number of fused-ring (bicyclic) bond motifs is 1. The van der Waals surface area contributed by atoms with Gasteiger partial charge in [0.15, 0.2) is 0 Å². The van der Waals surface area contributed by atoms with Crippen LogP contribution in [0.25, 0.3) is 11.0 Å². The normalized spacial score (nSPS) is 10.2. The van der Waals surface area contributed by atoms with Crippen LogP contribution in [0.1, 0.15) is 0 Å². The maximum Gasteiger partial charge on any atom is 0.336 e. The van der Waals surface area contributed by atoms with E-state index in [2.05, 4.69) is 6.07 Å². The monoisotopic (exact) mass is 145 g/mol. The molecule has 1 aromatic heterocycles. The summed E-state index contributed by atoms with van der Waals surface area (Å²) in [7, 11) is 0. The zero-order valence-electron chi connectivity index (χ0n) is 5.70. The first kappa shape index (κ1) is 6.16. The van der Waals surface area contributed by atoms with E-state index in [-0.39, 0.29) is 5.63 Å². The van der Waals surface area contributed by atoms with Gasteiger partial charge in [-0.25, -0.2) is 4.79 Å². The molecule has 0 N–H and O–H groups in total. The Morgan fingerprint density at radius 2 is 2.09 bits per heavy atom. The van der Waals surface area contributed by atoms with Crippen LogP contribution in [-0.4, -0.2) is 0 Å². The van der Waals surface area contributed by atoms with Crippen molar-refractivity contribution in [2.75, 3.05) is 0 Å². The Morgan fingerprint density at radius 1 is 1.27 bits per heavy atom. The zero-order chi connectivity index (χ0) is 7.68. The SMILES string of the molecule is O=c1c[c]c2ccccc2o1. The summed E-state index contributed by atoms with van der Waals surface area (Å²) in [5.41, 5.74) is 0.226. The van der Waals surface area contributed by atoms with Crippen molar-refractivity contribution in [2.45, 2.75) is 0 Å². The third-order valence-electron chi connectivity index (χ3n) is 1.44. The largest absolute Gasteiger partial charge is 0.423 e. The molecule has 0 saturated heterocycles. The van der Waals surface area contributed by atoms with Crippen LogP contribution in [0.4, 0.5) is 0 Å². The van der Waals surface area contributed by atoms with Crippen LogP contribution in [0.3, 0.4) is 0 Å². The van der Waals surface area contributed by atoms with Crippen LogP contribution in [0.15, 0.2) is 39.5 Å². The van der Waals surface area contributed by atoms with E-state index in [0.29, 0.717) is 5.58 Å². The fraction of sp³-hybridized carbons (Fsp3) is 0. The number of rotatable bonds is 0. The van der Waals surface area contributed by atoms with Gasteiger partial charge in [-0.15, -0.1) is 0 Å². The first-order chi connectivity index (χ1) is 5.36. The molecule has 53 valence electrons. The summed E-state index contributed by atoms with van der Waals surface area (Å²) < 4.78 is 4.87. The molecular formula is C9H5O2. The van der Waals surface area contributed by atoms with Gasteiger partial charge in [0.2, 0.25) is 0 Å². The molecule has 2 heteroatoms. The minimum atomic E-state index is -0.358. The van der Waals surface area contributed by atoms with Gasteiger partial charge in [0.25, 0.3) is 0 Å². The molecule has 2 aromatic rings. The first-order valence-electron chi connectivity index (χ1n) is 3.27. The Hall–Kier alpha value is -1.57. The first-order valence-corrected chi connectivity index (χ1v) is 3.27. The summed E-state index contributed by atoms with van der Waals surface area (Å²) in [5, 5.41) is 0.826. The van der Waals surface area contributed by atoms with E-state index in [1.54, 1.807) is 6.07 Å². The van der Waals surface area contributed by atoms with Crippen LogP contribution >= 0.6 is 0 Å². The van der Waals surface area contributed by atoms with E-state index in [1.165, 1.54) is 6.07 Å². The molecule has 0 fully saturated rings. The second-order valence-electron chi connectivity index (χ2n) is 2.21. The summed E-state index contributed by atoms with van der Waals surface area (Å²) in [6, 6.07) is 11.4. The second kappa shape index (κ2) is 2.23. The quantitative estimate of drug-likeness (QED) is 0.527. The highest BCUT2D eigenvalue weighted by Gasteiger charge is 1.92. The lowest BCUT2D eigenvalue weighted by molar-refractivity contribution is 0.561. The molecule has 0 unspecified atom stereocenters. The minimum Gasteiger partial charge on any atom is -0.423 e. The average molecular weight is 145 g/mol. The molecule has 1 heterocycles. The van der Waals surface area contributed by atoms with Crippen molar-refractivity contribution in [3.8, 4) is 0 Å². The molecule has 1 aromatic carbocycles. The Kier molecular flexibility index (Phi) is 1.25. The molecule has 0 atom stereocenters. The molecular weight excluding hydrogens is 140 g/mol. The molecule has 0 bridgehead atoms. The number of hydrogen-bond acceptors (Lipinski definition) is 2. The number of benzene rings is 1. The summed E-state index contributed by atoms with van der Waals surface area (Å²) in [5.74, 6) is 0. The van der Waals surface area contributed by atoms with Gasteiger partial charge in [-0.3, -0.25) is 0 Å². The second-order valence-corrected chi connectivity index (χ2v) is 2.21. The lowest BCUT2D eigenvalue weighted by atomic mass is 10.2. The van der Waals surface area contributed by atoms with Crippen molar-refractivity contribution >= 4 is 11.0 Å². The maximum absolute atomic E-state index is 10.7. The number of para-hydroxylation sites is 1. The highest BCUT2D eigenvalue weighted by molar-refractivity contribution is 5.75. The Bertz CT molecular complexity index is 429. The zero-order valence-corrected chi connectivity index (χ0v) is 5.70. The average Bonchev–Trinajstić information content (AvgIpc) is 2.04. The molecule has 2 rings (SSSR count). The minimum absolute atomic E-state index is 0.358. The van der Waals surface area contributed by atoms with E-state index >= 15 is 0 Å². The van der Waals surface area contributed by atoms with Crippen molar-refractivity contribution in [3.63, 3.8) is 0 Å². The molecule has 0 spiro atoms. The summed E-state index contributed by atoms with van der Waals surface area (Å²) >= 11 is 0. The topological polar surface area (TPSA) is 30.2 Å². The van der Waals surface area contributed by atoms with Gasteiger partial charge in [-0.05, 0) is 6.07 Å². The number of hydrogen-bond donors (Lipinski definition) is 0. The van der Waals surface area contributed by atoms with Crippen LogP contribution < -0.4 is 5.63 Å². The van der Waals surface area contributed by atoms with Gasteiger partial charge in [0.05, 0.1) is 0 Å². The van der Waals surface area contributed by atoms with Crippen LogP contribution in [0.2, 0.25) is 0 Å². The van der Waals surface area contributed by atoms with Crippen molar-refractivity contribution < 1.29 is 4.42 Å². The van der Waals surface area contributed by atoms with Crippen molar-refractivity contribution in [1.82, 2.24) is 0 Å². The molecule has 0 aliphatic carbocycles. The van der Waals surface area contributed by atoms with Crippen molar-refractivity contribution in [1.29, 1.82) is 0 Å². The molecule has 0 aliphatic rings. The lowest BCUT2D eigenvalue weighted by Crippen LogP contribution is -1.93. The summed E-state index contributed by atoms with van der Waals surface area (Å²) in [6.45, 7) is 0. The van der Waals surface area contributed by atoms with Gasteiger partial charge < -0.3 is 4.42 Å². The van der Waals surface area contributed by atoms with Gasteiger partial charge in [-0.2, -0.15) is 0 Å². The Morgan fingerprint density at radius 3 is 3.00 bits per heavy atom. The highest BCUT2D eigenvalue weighted by atomic mass is 16.4. The van der Waals surface area contributed by atoms with E-state index in [4.69, 9.17) is 4.42 Å². The van der Waals surface area contributed by atoms with Gasteiger partial charge in [0, 0.05) is 17.5 Å². The van der Waals surface area contributed by atoms with Crippen LogP contribution in [-0.2, 0) is 0 Å². The molecule has 1 radical (unpaired) electrons. The molecule has 0 aliphatic heterocycles. The highest BCUT2D eigenvalue weighted by Crippen LogP contribution is 2.08. The van der Waals surface area contributed by atoms with E-state index in [9.17, 15) is 4.79 Å². The molecule has 2 nitrogen and oxygen atoms in total. The van der Waals surface area contributed by atoms with Gasteiger partial charge >= 0.3 is 5.63 Å².